The molecule has 0 radical (unpaired) electrons. The topological polar surface area (TPSA) is 61.4 Å². The van der Waals surface area contributed by atoms with Gasteiger partial charge in [-0.15, -0.1) is 0 Å². The van der Waals surface area contributed by atoms with E-state index in [4.69, 9.17) is 5.11 Å². The van der Waals surface area contributed by atoms with Crippen LogP contribution in [0, 0.1) is 0 Å². The normalized spacial score (nSPS) is 11.9. The van der Waals surface area contributed by atoms with Crippen molar-refractivity contribution in [2.45, 2.75) is 32.7 Å². The van der Waals surface area contributed by atoms with Gasteiger partial charge in [0.05, 0.1) is 12.6 Å². The number of anilines is 1. The van der Waals surface area contributed by atoms with Gasteiger partial charge in [0.2, 0.25) is 0 Å². The minimum atomic E-state index is -0.279. The summed E-state index contributed by atoms with van der Waals surface area (Å²) in [6.07, 6.45) is 1.64. The first-order valence-corrected chi connectivity index (χ1v) is 5.96. The first-order valence-electron chi connectivity index (χ1n) is 5.96. The zero-order valence-corrected chi connectivity index (χ0v) is 10.4. The summed E-state index contributed by atoms with van der Waals surface area (Å²) in [6.45, 7) is 3.94. The molecule has 94 valence electrons. The van der Waals surface area contributed by atoms with E-state index in [1.54, 1.807) is 0 Å². The second-order valence-electron chi connectivity index (χ2n) is 3.94. The van der Waals surface area contributed by atoms with Gasteiger partial charge in [0.15, 0.2) is 0 Å². The lowest BCUT2D eigenvalue weighted by molar-refractivity contribution is 0.222. The predicted molar refractivity (Wildman–Crippen MR) is 69.1 cm³/mol. The van der Waals surface area contributed by atoms with Crippen LogP contribution < -0.4 is 10.6 Å². The standard InChI is InChI=1S/C13H20N2O2/c1-3-10-6-5-7-12(8-10)15-13(17)14-11(4-2)9-16/h5-8,11,16H,3-4,9H2,1-2H3,(H2,14,15,17). The van der Waals surface area contributed by atoms with Crippen molar-refractivity contribution in [2.75, 3.05) is 11.9 Å². The van der Waals surface area contributed by atoms with Crippen LogP contribution in [0.1, 0.15) is 25.8 Å². The van der Waals surface area contributed by atoms with Crippen molar-refractivity contribution < 1.29 is 9.90 Å². The van der Waals surface area contributed by atoms with Crippen LogP contribution in [0.3, 0.4) is 0 Å². The van der Waals surface area contributed by atoms with Crippen LogP contribution in [-0.4, -0.2) is 23.8 Å². The fourth-order valence-corrected chi connectivity index (χ4v) is 1.50. The van der Waals surface area contributed by atoms with Gasteiger partial charge in [-0.2, -0.15) is 0 Å². The van der Waals surface area contributed by atoms with E-state index in [-0.39, 0.29) is 18.7 Å². The molecule has 0 aliphatic rings. The van der Waals surface area contributed by atoms with Gasteiger partial charge in [0.25, 0.3) is 0 Å². The quantitative estimate of drug-likeness (QED) is 0.733. The lowest BCUT2D eigenvalue weighted by Crippen LogP contribution is -2.39. The van der Waals surface area contributed by atoms with Crippen molar-refractivity contribution in [1.82, 2.24) is 5.32 Å². The summed E-state index contributed by atoms with van der Waals surface area (Å²) in [5.41, 5.74) is 1.95. The van der Waals surface area contributed by atoms with Gasteiger partial charge in [-0.1, -0.05) is 26.0 Å². The van der Waals surface area contributed by atoms with Gasteiger partial charge < -0.3 is 15.7 Å². The average Bonchev–Trinajstić information content (AvgIpc) is 2.36. The molecule has 0 spiro atoms. The minimum absolute atomic E-state index is 0.0427. The highest BCUT2D eigenvalue weighted by Gasteiger charge is 2.08. The fourth-order valence-electron chi connectivity index (χ4n) is 1.50. The lowest BCUT2D eigenvalue weighted by Gasteiger charge is -2.15. The molecule has 0 aliphatic heterocycles. The molecule has 0 fully saturated rings. The smallest absolute Gasteiger partial charge is 0.319 e. The molecule has 17 heavy (non-hydrogen) atoms. The number of amides is 2. The Morgan fingerprint density at radius 2 is 2.18 bits per heavy atom. The minimum Gasteiger partial charge on any atom is -0.394 e. The maximum atomic E-state index is 11.6. The van der Waals surface area contributed by atoms with Crippen molar-refractivity contribution in [3.8, 4) is 0 Å². The van der Waals surface area contributed by atoms with E-state index in [1.807, 2.05) is 31.2 Å². The molecule has 1 aromatic rings. The van der Waals surface area contributed by atoms with Crippen molar-refractivity contribution in [3.05, 3.63) is 29.8 Å². The van der Waals surface area contributed by atoms with Crippen LogP contribution in [0.15, 0.2) is 24.3 Å². The van der Waals surface area contributed by atoms with Gasteiger partial charge in [0, 0.05) is 5.69 Å². The maximum absolute atomic E-state index is 11.6. The van der Waals surface area contributed by atoms with Gasteiger partial charge in [0.1, 0.15) is 0 Å². The monoisotopic (exact) mass is 236 g/mol. The first kappa shape index (κ1) is 13.5. The third-order valence-corrected chi connectivity index (χ3v) is 2.64. The van der Waals surface area contributed by atoms with E-state index in [2.05, 4.69) is 17.6 Å². The Morgan fingerprint density at radius 3 is 2.76 bits per heavy atom. The second-order valence-corrected chi connectivity index (χ2v) is 3.94. The number of urea groups is 1. The van der Waals surface area contributed by atoms with Crippen LogP contribution in [0.2, 0.25) is 0 Å². The number of aliphatic hydroxyl groups is 1. The number of carbonyl (C=O) groups excluding carboxylic acids is 1. The van der Waals surface area contributed by atoms with E-state index in [1.165, 1.54) is 5.56 Å². The van der Waals surface area contributed by atoms with Gasteiger partial charge in [-0.25, -0.2) is 4.79 Å². The van der Waals surface area contributed by atoms with E-state index in [0.29, 0.717) is 6.42 Å². The molecule has 0 bridgehead atoms. The molecule has 1 aromatic carbocycles. The molecular formula is C13H20N2O2. The van der Waals surface area contributed by atoms with Crippen LogP contribution in [0.25, 0.3) is 0 Å². The lowest BCUT2D eigenvalue weighted by atomic mass is 10.1. The Morgan fingerprint density at radius 1 is 1.41 bits per heavy atom. The average molecular weight is 236 g/mol. The van der Waals surface area contributed by atoms with Crippen molar-refractivity contribution in [3.63, 3.8) is 0 Å². The number of rotatable bonds is 5. The number of benzene rings is 1. The number of aliphatic hydroxyl groups excluding tert-OH is 1. The maximum Gasteiger partial charge on any atom is 0.319 e. The summed E-state index contributed by atoms with van der Waals surface area (Å²) in [4.78, 5) is 11.6. The molecule has 1 atom stereocenters. The molecular weight excluding hydrogens is 216 g/mol. The number of hydrogen-bond donors (Lipinski definition) is 3. The van der Waals surface area contributed by atoms with Crippen LogP contribution in [0.4, 0.5) is 10.5 Å². The Hall–Kier alpha value is -1.55. The Bertz CT molecular complexity index is 362. The summed E-state index contributed by atoms with van der Waals surface area (Å²) in [6, 6.07) is 7.25. The summed E-state index contributed by atoms with van der Waals surface area (Å²) in [7, 11) is 0. The van der Waals surface area contributed by atoms with Crippen molar-refractivity contribution in [2.24, 2.45) is 0 Å². The third-order valence-electron chi connectivity index (χ3n) is 2.64. The van der Waals surface area contributed by atoms with Crippen LogP contribution in [0.5, 0.6) is 0 Å². The molecule has 3 N–H and O–H groups in total. The summed E-state index contributed by atoms with van der Waals surface area (Å²) >= 11 is 0. The molecule has 4 nitrogen and oxygen atoms in total. The molecule has 0 saturated heterocycles. The molecule has 0 heterocycles. The van der Waals surface area contributed by atoms with Crippen LogP contribution in [-0.2, 0) is 6.42 Å². The van der Waals surface area contributed by atoms with Crippen molar-refractivity contribution >= 4 is 11.7 Å². The molecule has 4 heteroatoms. The number of aryl methyl sites for hydroxylation is 1. The van der Waals surface area contributed by atoms with E-state index < -0.39 is 0 Å². The zero-order chi connectivity index (χ0) is 12.7. The predicted octanol–water partition coefficient (Wildman–Crippen LogP) is 2.14. The molecule has 0 saturated carbocycles. The van der Waals surface area contributed by atoms with E-state index in [9.17, 15) is 4.79 Å². The summed E-state index contributed by atoms with van der Waals surface area (Å²) in [5, 5.41) is 14.4. The second kappa shape index (κ2) is 6.91. The highest BCUT2D eigenvalue weighted by Crippen LogP contribution is 2.10. The fraction of sp³-hybridized carbons (Fsp3) is 0.462. The highest BCUT2D eigenvalue weighted by molar-refractivity contribution is 5.89. The third kappa shape index (κ3) is 4.44. The molecule has 0 aromatic heterocycles. The van der Waals surface area contributed by atoms with E-state index in [0.717, 1.165) is 12.1 Å². The summed E-state index contributed by atoms with van der Waals surface area (Å²) < 4.78 is 0. The highest BCUT2D eigenvalue weighted by atomic mass is 16.3. The number of nitrogens with one attached hydrogen (secondary N) is 2. The Balaban J connectivity index is 2.55. The first-order chi connectivity index (χ1) is 8.19. The van der Waals surface area contributed by atoms with Crippen molar-refractivity contribution in [1.29, 1.82) is 0 Å². The molecule has 1 unspecified atom stereocenters. The summed E-state index contributed by atoms with van der Waals surface area (Å²) in [5.74, 6) is 0. The zero-order valence-electron chi connectivity index (χ0n) is 10.4. The van der Waals surface area contributed by atoms with Crippen LogP contribution >= 0.6 is 0 Å². The number of hydrogen-bond acceptors (Lipinski definition) is 2. The van der Waals surface area contributed by atoms with E-state index >= 15 is 0 Å². The van der Waals surface area contributed by atoms with Gasteiger partial charge in [-0.05, 0) is 30.5 Å². The van der Waals surface area contributed by atoms with Gasteiger partial charge >= 0.3 is 6.03 Å². The molecule has 2 amide bonds. The Kier molecular flexibility index (Phi) is 5.49. The van der Waals surface area contributed by atoms with Gasteiger partial charge in [-0.3, -0.25) is 0 Å². The Labute approximate surface area is 102 Å². The SMILES string of the molecule is CCc1cccc(NC(=O)NC(CC)CO)c1. The molecule has 1 rings (SSSR count). The number of carbonyl (C=O) groups is 1. The molecule has 0 aliphatic carbocycles. The largest absolute Gasteiger partial charge is 0.394 e.